The van der Waals surface area contributed by atoms with Gasteiger partial charge in [0.2, 0.25) is 11.0 Å². The number of nitrogens with zero attached hydrogens (tertiary/aromatic N) is 4. The molecule has 3 N–H and O–H groups in total. The van der Waals surface area contributed by atoms with E-state index in [9.17, 15) is 14.9 Å². The van der Waals surface area contributed by atoms with Crippen LogP contribution in [-0.2, 0) is 9.59 Å². The molecule has 0 radical (unpaired) electrons. The molecule has 0 saturated carbocycles. The summed E-state index contributed by atoms with van der Waals surface area (Å²) in [4.78, 5) is 27.5. The van der Waals surface area contributed by atoms with Crippen molar-refractivity contribution in [1.82, 2.24) is 10.2 Å². The van der Waals surface area contributed by atoms with Crippen LogP contribution in [0.5, 0.6) is 5.75 Å². The van der Waals surface area contributed by atoms with Crippen LogP contribution in [0.25, 0.3) is 0 Å². The molecule has 11 heteroatoms. The van der Waals surface area contributed by atoms with Gasteiger partial charge in [0.1, 0.15) is 11.6 Å². The Morgan fingerprint density at radius 2 is 2.00 bits per heavy atom. The van der Waals surface area contributed by atoms with Crippen LogP contribution >= 0.6 is 23.1 Å². The molecule has 0 spiro atoms. The molecule has 1 aliphatic heterocycles. The average Bonchev–Trinajstić information content (AvgIpc) is 3.41. The number of Topliss-reactive ketones (excluding diaryl/α,β-unsaturated/α-hetero) is 1. The Morgan fingerprint density at radius 1 is 1.23 bits per heavy atom. The van der Waals surface area contributed by atoms with Crippen LogP contribution in [0.4, 0.5) is 10.8 Å². The second-order valence-corrected chi connectivity index (χ2v) is 11.3. The van der Waals surface area contributed by atoms with Crippen molar-refractivity contribution in [2.45, 2.75) is 36.4 Å². The number of methoxy groups -OCH3 is 1. The lowest BCUT2D eigenvalue weighted by Gasteiger charge is -2.38. The maximum atomic E-state index is 13.3. The highest BCUT2D eigenvalue weighted by Gasteiger charge is 2.41. The SMILES string of the molecule is COc1ccc(NC(=O)CSc2nnc(N3C(N)=C(C#N)C(c4ccccc4C)C4=C3CCCC4=O)s2)cc1. The lowest BCUT2D eigenvalue weighted by atomic mass is 9.75. The quantitative estimate of drug-likeness (QED) is 0.389. The standard InChI is InChI=1S/C28H26N6O3S2/c1-16-6-3-4-7-19(16)24-20(14-29)26(30)34(21-8-5-9-22(35)25(21)24)27-32-33-28(39-27)38-15-23(36)31-17-10-12-18(37-2)13-11-17/h3-4,6-7,10-13,24H,5,8-9,15,30H2,1-2H3,(H,31,36). The molecule has 0 saturated heterocycles. The fraction of sp³-hybridized carbons (Fsp3) is 0.250. The summed E-state index contributed by atoms with van der Waals surface area (Å²) in [6.45, 7) is 1.97. The molecule has 2 heterocycles. The highest BCUT2D eigenvalue weighted by atomic mass is 32.2. The van der Waals surface area contributed by atoms with Gasteiger partial charge in [0, 0.05) is 23.4 Å². The topological polar surface area (TPSA) is 134 Å². The lowest BCUT2D eigenvalue weighted by molar-refractivity contribution is -0.116. The van der Waals surface area contributed by atoms with Gasteiger partial charge in [-0.1, -0.05) is 47.4 Å². The van der Waals surface area contributed by atoms with Gasteiger partial charge in [0.25, 0.3) is 0 Å². The first-order valence-electron chi connectivity index (χ1n) is 12.3. The summed E-state index contributed by atoms with van der Waals surface area (Å²) in [6.07, 6.45) is 1.75. The van der Waals surface area contributed by atoms with Crippen LogP contribution in [0.2, 0.25) is 0 Å². The third-order valence-corrected chi connectivity index (χ3v) is 8.74. The van der Waals surface area contributed by atoms with E-state index < -0.39 is 5.92 Å². The number of ether oxygens (including phenoxy) is 1. The van der Waals surface area contributed by atoms with Gasteiger partial charge in [0.15, 0.2) is 10.1 Å². The summed E-state index contributed by atoms with van der Waals surface area (Å²) < 4.78 is 5.71. The summed E-state index contributed by atoms with van der Waals surface area (Å²) in [5, 5.41) is 22.1. The molecular formula is C28H26N6O3S2. The number of hydrogen-bond donors (Lipinski definition) is 2. The maximum Gasteiger partial charge on any atom is 0.234 e. The number of carbonyl (C=O) groups is 2. The van der Waals surface area contributed by atoms with Gasteiger partial charge < -0.3 is 15.8 Å². The normalized spacial score (nSPS) is 17.1. The Kier molecular flexibility index (Phi) is 7.67. The van der Waals surface area contributed by atoms with E-state index in [1.54, 1.807) is 36.3 Å². The minimum Gasteiger partial charge on any atom is -0.497 e. The second-order valence-electron chi connectivity index (χ2n) is 9.09. The molecular weight excluding hydrogens is 532 g/mol. The average molecular weight is 559 g/mol. The van der Waals surface area contributed by atoms with Crippen LogP contribution in [0.3, 0.4) is 0 Å². The fourth-order valence-electron chi connectivity index (χ4n) is 4.88. The molecule has 1 atom stereocenters. The minimum atomic E-state index is -0.515. The Balaban J connectivity index is 1.40. The Hall–Kier alpha value is -4.14. The van der Waals surface area contributed by atoms with E-state index in [0.29, 0.717) is 51.3 Å². The summed E-state index contributed by atoms with van der Waals surface area (Å²) in [6, 6.07) is 17.1. The van der Waals surface area contributed by atoms with Gasteiger partial charge in [-0.3, -0.25) is 14.5 Å². The van der Waals surface area contributed by atoms with Crippen molar-refractivity contribution in [3.8, 4) is 11.8 Å². The van der Waals surface area contributed by atoms with Crippen molar-refractivity contribution in [2.24, 2.45) is 5.73 Å². The third kappa shape index (κ3) is 5.26. The van der Waals surface area contributed by atoms with E-state index in [-0.39, 0.29) is 23.3 Å². The van der Waals surface area contributed by atoms with E-state index >= 15 is 0 Å². The van der Waals surface area contributed by atoms with Crippen molar-refractivity contribution < 1.29 is 14.3 Å². The van der Waals surface area contributed by atoms with E-state index in [1.807, 2.05) is 31.2 Å². The van der Waals surface area contributed by atoms with Gasteiger partial charge in [-0.25, -0.2) is 0 Å². The first-order chi connectivity index (χ1) is 18.9. The number of anilines is 2. The number of nitrogens with two attached hydrogens (primary N) is 1. The minimum absolute atomic E-state index is 0.0177. The van der Waals surface area contributed by atoms with Gasteiger partial charge in [-0.05, 0) is 55.2 Å². The number of thioether (sulfide) groups is 1. The van der Waals surface area contributed by atoms with Gasteiger partial charge >= 0.3 is 0 Å². The Morgan fingerprint density at radius 3 is 2.72 bits per heavy atom. The number of carbonyl (C=O) groups excluding carboxylic acids is 2. The lowest BCUT2D eigenvalue weighted by Crippen LogP contribution is -2.38. The van der Waals surface area contributed by atoms with Gasteiger partial charge in [-0.15, -0.1) is 10.2 Å². The number of aryl methyl sites for hydroxylation is 1. The van der Waals surface area contributed by atoms with Crippen molar-refractivity contribution in [1.29, 1.82) is 5.26 Å². The zero-order valence-electron chi connectivity index (χ0n) is 21.4. The number of rotatable bonds is 7. The summed E-state index contributed by atoms with van der Waals surface area (Å²) in [5.74, 6) is 0.413. The van der Waals surface area contributed by atoms with Crippen LogP contribution in [0, 0.1) is 18.3 Å². The molecule has 1 aliphatic carbocycles. The Labute approximate surface area is 234 Å². The molecule has 39 heavy (non-hydrogen) atoms. The fourth-order valence-corrected chi connectivity index (χ4v) is 6.56. The number of aromatic nitrogens is 2. The van der Waals surface area contributed by atoms with Crippen LogP contribution in [0.1, 0.15) is 36.3 Å². The number of ketones is 1. The van der Waals surface area contributed by atoms with E-state index in [0.717, 1.165) is 16.8 Å². The molecule has 1 unspecified atom stereocenters. The number of nitrogens with one attached hydrogen (secondary N) is 1. The first kappa shape index (κ1) is 26.5. The van der Waals surface area contributed by atoms with Crippen molar-refractivity contribution in [3.05, 3.63) is 82.3 Å². The van der Waals surface area contributed by atoms with Crippen molar-refractivity contribution in [2.75, 3.05) is 23.1 Å². The van der Waals surface area contributed by atoms with E-state index in [4.69, 9.17) is 10.5 Å². The molecule has 0 bridgehead atoms. The molecule has 1 amide bonds. The Bertz CT molecular complexity index is 1540. The van der Waals surface area contributed by atoms with Crippen molar-refractivity contribution >= 4 is 45.6 Å². The number of allylic oxidation sites excluding steroid dienone is 3. The molecule has 1 aromatic heterocycles. The number of amides is 1. The first-order valence-corrected chi connectivity index (χ1v) is 14.1. The van der Waals surface area contributed by atoms with Gasteiger partial charge in [-0.2, -0.15) is 5.26 Å². The molecule has 9 nitrogen and oxygen atoms in total. The molecule has 2 aliphatic rings. The summed E-state index contributed by atoms with van der Waals surface area (Å²) >= 11 is 2.52. The molecule has 3 aromatic rings. The monoisotopic (exact) mass is 558 g/mol. The third-order valence-electron chi connectivity index (χ3n) is 6.70. The zero-order valence-corrected chi connectivity index (χ0v) is 23.1. The number of hydrogen-bond acceptors (Lipinski definition) is 10. The van der Waals surface area contributed by atoms with Crippen molar-refractivity contribution in [3.63, 3.8) is 0 Å². The highest BCUT2D eigenvalue weighted by Crippen LogP contribution is 2.47. The predicted molar refractivity (Wildman–Crippen MR) is 151 cm³/mol. The molecule has 198 valence electrons. The number of nitriles is 1. The summed E-state index contributed by atoms with van der Waals surface area (Å²) in [7, 11) is 1.58. The van der Waals surface area contributed by atoms with Gasteiger partial charge in [0.05, 0.1) is 30.4 Å². The molecule has 2 aromatic carbocycles. The van der Waals surface area contributed by atoms with E-state index in [1.165, 1.54) is 23.1 Å². The molecule has 5 rings (SSSR count). The van der Waals surface area contributed by atoms with Crippen LogP contribution < -0.4 is 20.7 Å². The highest BCUT2D eigenvalue weighted by molar-refractivity contribution is 8.01. The maximum absolute atomic E-state index is 13.3. The summed E-state index contributed by atoms with van der Waals surface area (Å²) in [5.41, 5.74) is 10.9. The second kappa shape index (κ2) is 11.3. The molecule has 0 fully saturated rings. The van der Waals surface area contributed by atoms with Crippen LogP contribution in [-0.4, -0.2) is 34.8 Å². The van der Waals surface area contributed by atoms with E-state index in [2.05, 4.69) is 21.6 Å². The predicted octanol–water partition coefficient (Wildman–Crippen LogP) is 4.89. The number of benzene rings is 2. The zero-order chi connectivity index (χ0) is 27.5. The smallest absolute Gasteiger partial charge is 0.234 e. The van der Waals surface area contributed by atoms with Crippen LogP contribution in [0.15, 0.2) is 75.5 Å². The largest absolute Gasteiger partial charge is 0.497 e.